The molecular formula is C15H18ClF4N3O2. The van der Waals surface area contributed by atoms with Gasteiger partial charge in [0, 0.05) is 38.2 Å². The van der Waals surface area contributed by atoms with Gasteiger partial charge in [0.2, 0.25) is 11.8 Å². The van der Waals surface area contributed by atoms with Crippen LogP contribution in [0.25, 0.3) is 0 Å². The zero-order valence-corrected chi connectivity index (χ0v) is 13.9. The number of nitrogens with zero attached hydrogens (tertiary/aromatic N) is 2. The maximum absolute atomic E-state index is 13.2. The smallest absolute Gasteiger partial charge is 0.417 e. The van der Waals surface area contributed by atoms with Crippen molar-refractivity contribution in [3.63, 3.8) is 0 Å². The largest absolute Gasteiger partial charge is 0.472 e. The van der Waals surface area contributed by atoms with Gasteiger partial charge in [0.25, 0.3) is 0 Å². The maximum atomic E-state index is 13.2. The average Bonchev–Trinajstić information content (AvgIpc) is 3.15. The first-order valence-electron chi connectivity index (χ1n) is 7.69. The van der Waals surface area contributed by atoms with Crippen LogP contribution in [0, 0.1) is 0 Å². The van der Waals surface area contributed by atoms with Crippen LogP contribution < -0.4 is 10.1 Å². The third-order valence-corrected chi connectivity index (χ3v) is 4.18. The lowest BCUT2D eigenvalue weighted by molar-refractivity contribution is -0.138. The van der Waals surface area contributed by atoms with Crippen LogP contribution >= 0.6 is 12.4 Å². The highest BCUT2D eigenvalue weighted by molar-refractivity contribution is 5.85. The molecule has 10 heteroatoms. The van der Waals surface area contributed by atoms with Crippen LogP contribution in [0.3, 0.4) is 0 Å². The molecule has 5 nitrogen and oxygen atoms in total. The van der Waals surface area contributed by atoms with Crippen molar-refractivity contribution in [2.24, 2.45) is 0 Å². The van der Waals surface area contributed by atoms with Gasteiger partial charge in [-0.05, 0) is 6.07 Å². The summed E-state index contributed by atoms with van der Waals surface area (Å²) in [7, 11) is 0. The average molecular weight is 384 g/mol. The Morgan fingerprint density at radius 3 is 2.68 bits per heavy atom. The zero-order valence-electron chi connectivity index (χ0n) is 13.1. The van der Waals surface area contributed by atoms with Crippen molar-refractivity contribution >= 4 is 18.3 Å². The molecule has 2 aliphatic heterocycles. The summed E-state index contributed by atoms with van der Waals surface area (Å²) in [5.41, 5.74) is -0.842. The maximum Gasteiger partial charge on any atom is 0.417 e. The van der Waals surface area contributed by atoms with Crippen molar-refractivity contribution < 1.29 is 27.1 Å². The van der Waals surface area contributed by atoms with E-state index in [1.54, 1.807) is 4.90 Å². The first-order valence-corrected chi connectivity index (χ1v) is 7.69. The Bertz CT molecular complexity index is 599. The number of halogens is 5. The van der Waals surface area contributed by atoms with Crippen molar-refractivity contribution in [2.75, 3.05) is 19.6 Å². The second kappa shape index (κ2) is 7.74. The molecule has 0 spiro atoms. The molecule has 0 bridgehead atoms. The van der Waals surface area contributed by atoms with E-state index in [1.807, 2.05) is 0 Å². The molecule has 1 aromatic heterocycles. The number of hydrogen-bond acceptors (Lipinski definition) is 4. The molecule has 3 rings (SSSR count). The zero-order chi connectivity index (χ0) is 17.3. The van der Waals surface area contributed by atoms with E-state index in [4.69, 9.17) is 4.74 Å². The van der Waals surface area contributed by atoms with E-state index < -0.39 is 24.0 Å². The predicted molar refractivity (Wildman–Crippen MR) is 83.4 cm³/mol. The van der Waals surface area contributed by atoms with Crippen molar-refractivity contribution in [2.45, 2.75) is 37.3 Å². The molecule has 0 saturated carbocycles. The van der Waals surface area contributed by atoms with Gasteiger partial charge in [-0.1, -0.05) is 0 Å². The van der Waals surface area contributed by atoms with Crippen molar-refractivity contribution in [1.82, 2.24) is 15.2 Å². The highest BCUT2D eigenvalue weighted by Crippen LogP contribution is 2.29. The Hall–Kier alpha value is -1.61. The molecule has 1 amide bonds. The molecule has 3 heterocycles. The normalized spacial score (nSPS) is 26.4. The van der Waals surface area contributed by atoms with Crippen molar-refractivity contribution in [3.8, 4) is 5.88 Å². The number of pyridine rings is 1. The first kappa shape index (κ1) is 19.7. The molecule has 25 heavy (non-hydrogen) atoms. The van der Waals surface area contributed by atoms with Gasteiger partial charge in [0.1, 0.15) is 12.3 Å². The van der Waals surface area contributed by atoms with E-state index in [-0.39, 0.29) is 43.3 Å². The van der Waals surface area contributed by atoms with Crippen molar-refractivity contribution in [1.29, 1.82) is 0 Å². The predicted octanol–water partition coefficient (Wildman–Crippen LogP) is 2.20. The van der Waals surface area contributed by atoms with Crippen LogP contribution in [0.15, 0.2) is 18.3 Å². The van der Waals surface area contributed by atoms with E-state index in [9.17, 15) is 22.4 Å². The van der Waals surface area contributed by atoms with Gasteiger partial charge in [-0.15, -0.1) is 12.4 Å². The highest BCUT2D eigenvalue weighted by atomic mass is 35.5. The van der Waals surface area contributed by atoms with Gasteiger partial charge >= 0.3 is 6.18 Å². The number of ether oxygens (including phenoxy) is 1. The number of rotatable bonds is 3. The molecule has 140 valence electrons. The van der Waals surface area contributed by atoms with E-state index in [1.165, 1.54) is 6.07 Å². The lowest BCUT2D eigenvalue weighted by Crippen LogP contribution is -2.43. The quantitative estimate of drug-likeness (QED) is 0.813. The van der Waals surface area contributed by atoms with Gasteiger partial charge in [0.05, 0.1) is 18.2 Å². The van der Waals surface area contributed by atoms with Crippen LogP contribution in [0.2, 0.25) is 0 Å². The monoisotopic (exact) mass is 383 g/mol. The molecule has 1 unspecified atom stereocenters. The molecular weight excluding hydrogens is 366 g/mol. The minimum Gasteiger partial charge on any atom is -0.472 e. The Labute approximate surface area is 148 Å². The third-order valence-electron chi connectivity index (χ3n) is 4.18. The number of carbonyl (C=O) groups is 1. The van der Waals surface area contributed by atoms with E-state index in [2.05, 4.69) is 10.3 Å². The van der Waals surface area contributed by atoms with Gasteiger partial charge in [-0.3, -0.25) is 4.79 Å². The van der Waals surface area contributed by atoms with E-state index in [0.717, 1.165) is 12.3 Å². The van der Waals surface area contributed by atoms with E-state index >= 15 is 0 Å². The summed E-state index contributed by atoms with van der Waals surface area (Å²) in [6, 6.07) is 1.56. The number of likely N-dealkylation sites (tertiary alicyclic amines) is 1. The fraction of sp³-hybridized carbons (Fsp3) is 0.600. The molecule has 0 aliphatic carbocycles. The lowest BCUT2D eigenvalue weighted by atomic mass is 10.2. The molecule has 3 atom stereocenters. The minimum absolute atomic E-state index is 0. The van der Waals surface area contributed by atoms with Crippen LogP contribution in [-0.2, 0) is 11.0 Å². The highest BCUT2D eigenvalue weighted by Gasteiger charge is 2.36. The second-order valence-corrected chi connectivity index (χ2v) is 5.99. The first-order chi connectivity index (χ1) is 11.3. The van der Waals surface area contributed by atoms with Crippen molar-refractivity contribution in [3.05, 3.63) is 23.9 Å². The van der Waals surface area contributed by atoms with Crippen LogP contribution in [-0.4, -0.2) is 53.7 Å². The van der Waals surface area contributed by atoms with Gasteiger partial charge < -0.3 is 15.0 Å². The lowest BCUT2D eigenvalue weighted by Gasteiger charge is -2.20. The van der Waals surface area contributed by atoms with Crippen LogP contribution in [0.1, 0.15) is 18.4 Å². The topological polar surface area (TPSA) is 54.5 Å². The Balaban J connectivity index is 0.00000225. The standard InChI is InChI=1S/C15H17F4N3O2.ClH/c16-10-5-12(20-7-10)14(23)22-4-3-11(8-22)24-13-2-1-9(6-21-13)15(17,18)19;/h1-2,6,10-12,20H,3-5,7-8H2;1H/t10-,11?,12+;/m0./s1. The summed E-state index contributed by atoms with van der Waals surface area (Å²) in [5.74, 6) is -0.0771. The molecule has 1 N–H and O–H groups in total. The summed E-state index contributed by atoms with van der Waals surface area (Å²) >= 11 is 0. The molecule has 0 aromatic carbocycles. The number of amides is 1. The summed E-state index contributed by atoms with van der Waals surface area (Å²) in [5, 5.41) is 2.84. The second-order valence-electron chi connectivity index (χ2n) is 5.99. The fourth-order valence-corrected chi connectivity index (χ4v) is 2.91. The summed E-state index contributed by atoms with van der Waals surface area (Å²) in [4.78, 5) is 17.5. The molecule has 0 radical (unpaired) electrons. The molecule has 2 aliphatic rings. The van der Waals surface area contributed by atoms with Gasteiger partial charge in [-0.25, -0.2) is 9.37 Å². The number of aromatic nitrogens is 1. The SMILES string of the molecule is Cl.O=C([C@H]1C[C@H](F)CN1)N1CCC(Oc2ccc(C(F)(F)F)cn2)C1. The fourth-order valence-electron chi connectivity index (χ4n) is 2.91. The van der Waals surface area contributed by atoms with Gasteiger partial charge in [-0.2, -0.15) is 13.2 Å². The Morgan fingerprint density at radius 2 is 2.12 bits per heavy atom. The summed E-state index contributed by atoms with van der Waals surface area (Å²) in [6.45, 7) is 0.968. The van der Waals surface area contributed by atoms with E-state index in [0.29, 0.717) is 19.5 Å². The van der Waals surface area contributed by atoms with Crippen LogP contribution in [0.4, 0.5) is 17.6 Å². The molecule has 1 aromatic rings. The number of carbonyl (C=O) groups excluding carboxylic acids is 1. The summed E-state index contributed by atoms with van der Waals surface area (Å²) in [6.07, 6.45) is -4.34. The Morgan fingerprint density at radius 1 is 1.36 bits per heavy atom. The molecule has 2 fully saturated rings. The number of hydrogen-bond donors (Lipinski definition) is 1. The molecule has 2 saturated heterocycles. The Kier molecular flexibility index (Phi) is 6.10. The van der Waals surface area contributed by atoms with Crippen LogP contribution in [0.5, 0.6) is 5.88 Å². The number of nitrogens with one attached hydrogen (secondary N) is 1. The summed E-state index contributed by atoms with van der Waals surface area (Å²) < 4.78 is 56.1. The minimum atomic E-state index is -4.44. The van der Waals surface area contributed by atoms with Gasteiger partial charge in [0.15, 0.2) is 0 Å². The number of alkyl halides is 4. The third kappa shape index (κ3) is 4.72.